The molecule has 0 saturated carbocycles. The maximum absolute atomic E-state index is 5.51. The molecule has 2 rings (SSSR count). The van der Waals surface area contributed by atoms with Crippen LogP contribution in [0.4, 0.5) is 0 Å². The number of rotatable bonds is 6. The van der Waals surface area contributed by atoms with Crippen LogP contribution in [-0.4, -0.2) is 35.5 Å². The fourth-order valence-corrected chi connectivity index (χ4v) is 2.35. The highest BCUT2D eigenvalue weighted by atomic mass is 16.5. The van der Waals surface area contributed by atoms with Crippen LogP contribution in [0, 0.1) is 0 Å². The van der Waals surface area contributed by atoms with E-state index in [1.165, 1.54) is 0 Å². The molecular weight excluding hydrogens is 284 g/mol. The summed E-state index contributed by atoms with van der Waals surface area (Å²) in [4.78, 5) is 0. The molecule has 2 aromatic rings. The molecule has 0 aliphatic carbocycles. The van der Waals surface area contributed by atoms with Gasteiger partial charge in [0, 0.05) is 12.1 Å². The first-order valence-electron chi connectivity index (χ1n) is 6.71. The van der Waals surface area contributed by atoms with Crippen molar-refractivity contribution in [2.45, 2.75) is 0 Å². The first-order chi connectivity index (χ1) is 10.7. The zero-order valence-corrected chi connectivity index (χ0v) is 13.4. The molecule has 0 amide bonds. The number of benzene rings is 2. The smallest absolute Gasteiger partial charge is 0.134 e. The molecule has 118 valence electrons. The predicted octanol–water partition coefficient (Wildman–Crippen LogP) is 3.40. The lowest BCUT2D eigenvalue weighted by atomic mass is 10.0. The standard InChI is InChI=1S/C17H20O5/c1-18-11-9-14(21-4)17(15(10-11)22-5)16-12(19-2)7-6-8-13(16)20-3/h6-10H,1-5H3. The number of hydrogen-bond donors (Lipinski definition) is 0. The molecule has 5 heteroatoms. The fraction of sp³-hybridized carbons (Fsp3) is 0.294. The average molecular weight is 304 g/mol. The van der Waals surface area contributed by atoms with Crippen molar-refractivity contribution in [2.75, 3.05) is 35.5 Å². The van der Waals surface area contributed by atoms with Crippen molar-refractivity contribution in [1.82, 2.24) is 0 Å². The average Bonchev–Trinajstić information content (AvgIpc) is 2.59. The highest BCUT2D eigenvalue weighted by Gasteiger charge is 2.22. The SMILES string of the molecule is COc1cc(OC)c(-c2c(OC)cccc2OC)c(OC)c1. The van der Waals surface area contributed by atoms with Crippen molar-refractivity contribution >= 4 is 0 Å². The van der Waals surface area contributed by atoms with Gasteiger partial charge in [0.15, 0.2) is 0 Å². The predicted molar refractivity (Wildman–Crippen MR) is 84.6 cm³/mol. The Hall–Kier alpha value is -2.56. The zero-order chi connectivity index (χ0) is 16.1. The normalized spacial score (nSPS) is 10.0. The molecule has 0 fully saturated rings. The molecule has 0 atom stereocenters. The Morgan fingerprint density at radius 1 is 0.545 bits per heavy atom. The minimum atomic E-state index is 0.610. The quantitative estimate of drug-likeness (QED) is 0.818. The van der Waals surface area contributed by atoms with E-state index < -0.39 is 0 Å². The van der Waals surface area contributed by atoms with E-state index in [0.29, 0.717) is 28.7 Å². The van der Waals surface area contributed by atoms with Gasteiger partial charge in [0.05, 0.1) is 46.7 Å². The lowest BCUT2D eigenvalue weighted by Gasteiger charge is -2.19. The molecule has 0 aromatic heterocycles. The Bertz CT molecular complexity index is 604. The largest absolute Gasteiger partial charge is 0.496 e. The van der Waals surface area contributed by atoms with Crippen molar-refractivity contribution in [2.24, 2.45) is 0 Å². The number of hydrogen-bond acceptors (Lipinski definition) is 5. The summed E-state index contributed by atoms with van der Waals surface area (Å²) in [5.74, 6) is 3.20. The zero-order valence-electron chi connectivity index (χ0n) is 13.4. The Kier molecular flexibility index (Phi) is 4.99. The molecular formula is C17H20O5. The monoisotopic (exact) mass is 304 g/mol. The van der Waals surface area contributed by atoms with Crippen LogP contribution >= 0.6 is 0 Å². The maximum atomic E-state index is 5.51. The van der Waals surface area contributed by atoms with Gasteiger partial charge < -0.3 is 23.7 Å². The summed E-state index contributed by atoms with van der Waals surface area (Å²) < 4.78 is 27.3. The molecule has 22 heavy (non-hydrogen) atoms. The van der Waals surface area contributed by atoms with E-state index in [-0.39, 0.29) is 0 Å². The third-order valence-electron chi connectivity index (χ3n) is 3.39. The highest BCUT2D eigenvalue weighted by Crippen LogP contribution is 2.49. The number of ether oxygens (including phenoxy) is 5. The van der Waals surface area contributed by atoms with Gasteiger partial charge in [-0.05, 0) is 12.1 Å². The fourth-order valence-electron chi connectivity index (χ4n) is 2.35. The Morgan fingerprint density at radius 3 is 1.32 bits per heavy atom. The van der Waals surface area contributed by atoms with Crippen LogP contribution < -0.4 is 23.7 Å². The summed E-state index contributed by atoms with van der Waals surface area (Å²) in [7, 11) is 8.01. The molecule has 0 N–H and O–H groups in total. The Morgan fingerprint density at radius 2 is 0.955 bits per heavy atom. The molecule has 0 bridgehead atoms. The van der Waals surface area contributed by atoms with Crippen LogP contribution in [-0.2, 0) is 0 Å². The van der Waals surface area contributed by atoms with Crippen molar-refractivity contribution in [1.29, 1.82) is 0 Å². The van der Waals surface area contributed by atoms with E-state index in [4.69, 9.17) is 23.7 Å². The van der Waals surface area contributed by atoms with Crippen molar-refractivity contribution in [3.8, 4) is 39.9 Å². The van der Waals surface area contributed by atoms with E-state index in [2.05, 4.69) is 0 Å². The lowest BCUT2D eigenvalue weighted by Crippen LogP contribution is -1.99. The second kappa shape index (κ2) is 6.93. The Labute approximate surface area is 130 Å². The minimum absolute atomic E-state index is 0.610. The first kappa shape index (κ1) is 15.8. The molecule has 0 saturated heterocycles. The Balaban J connectivity index is 2.81. The molecule has 0 aliphatic rings. The van der Waals surface area contributed by atoms with Gasteiger partial charge in [-0.25, -0.2) is 0 Å². The van der Waals surface area contributed by atoms with Crippen LogP contribution in [0.5, 0.6) is 28.7 Å². The molecule has 2 aromatic carbocycles. The summed E-state index contributed by atoms with van der Waals surface area (Å²) in [5, 5.41) is 0. The van der Waals surface area contributed by atoms with Crippen LogP contribution in [0.15, 0.2) is 30.3 Å². The second-order valence-electron chi connectivity index (χ2n) is 4.44. The lowest BCUT2D eigenvalue weighted by molar-refractivity contribution is 0.373. The van der Waals surface area contributed by atoms with Crippen LogP contribution in [0.25, 0.3) is 11.1 Å². The van der Waals surface area contributed by atoms with Gasteiger partial charge in [0.25, 0.3) is 0 Å². The highest BCUT2D eigenvalue weighted by molar-refractivity contribution is 5.86. The third-order valence-corrected chi connectivity index (χ3v) is 3.39. The van der Waals surface area contributed by atoms with Crippen molar-refractivity contribution in [3.05, 3.63) is 30.3 Å². The van der Waals surface area contributed by atoms with Crippen LogP contribution in [0.3, 0.4) is 0 Å². The molecule has 0 radical (unpaired) electrons. The van der Waals surface area contributed by atoms with Gasteiger partial charge in [-0.1, -0.05) is 6.07 Å². The van der Waals surface area contributed by atoms with Crippen LogP contribution in [0.1, 0.15) is 0 Å². The second-order valence-corrected chi connectivity index (χ2v) is 4.44. The topological polar surface area (TPSA) is 46.2 Å². The van der Waals surface area contributed by atoms with Crippen molar-refractivity contribution < 1.29 is 23.7 Å². The summed E-state index contributed by atoms with van der Waals surface area (Å²) >= 11 is 0. The summed E-state index contributed by atoms with van der Waals surface area (Å²) in [5.41, 5.74) is 1.52. The van der Waals surface area contributed by atoms with E-state index in [9.17, 15) is 0 Å². The van der Waals surface area contributed by atoms with E-state index in [0.717, 1.165) is 11.1 Å². The van der Waals surface area contributed by atoms with Crippen molar-refractivity contribution in [3.63, 3.8) is 0 Å². The minimum Gasteiger partial charge on any atom is -0.496 e. The maximum Gasteiger partial charge on any atom is 0.134 e. The molecule has 0 spiro atoms. The summed E-state index contributed by atoms with van der Waals surface area (Å²) in [6.07, 6.45) is 0. The van der Waals surface area contributed by atoms with Gasteiger partial charge in [0.1, 0.15) is 28.7 Å². The first-order valence-corrected chi connectivity index (χ1v) is 6.71. The van der Waals surface area contributed by atoms with Gasteiger partial charge >= 0.3 is 0 Å². The summed E-state index contributed by atoms with van der Waals surface area (Å²) in [6, 6.07) is 9.18. The molecule has 0 aliphatic heterocycles. The molecule has 0 unspecified atom stereocenters. The van der Waals surface area contributed by atoms with Crippen LogP contribution in [0.2, 0.25) is 0 Å². The number of methoxy groups -OCH3 is 5. The van der Waals surface area contributed by atoms with Gasteiger partial charge in [-0.15, -0.1) is 0 Å². The molecule has 5 nitrogen and oxygen atoms in total. The van der Waals surface area contributed by atoms with E-state index in [1.807, 2.05) is 18.2 Å². The van der Waals surface area contributed by atoms with E-state index in [1.54, 1.807) is 47.7 Å². The van der Waals surface area contributed by atoms with Gasteiger partial charge in [-0.2, -0.15) is 0 Å². The van der Waals surface area contributed by atoms with Gasteiger partial charge in [-0.3, -0.25) is 0 Å². The summed E-state index contributed by atoms with van der Waals surface area (Å²) in [6.45, 7) is 0. The van der Waals surface area contributed by atoms with E-state index >= 15 is 0 Å². The van der Waals surface area contributed by atoms with Gasteiger partial charge in [0.2, 0.25) is 0 Å². The molecule has 0 heterocycles. The third kappa shape index (κ3) is 2.74.